The first kappa shape index (κ1) is 18.2. The highest BCUT2D eigenvalue weighted by atomic mass is 19.1. The number of imidazole rings is 1. The molecule has 7 nitrogen and oxygen atoms in total. The third kappa shape index (κ3) is 2.85. The zero-order valence-corrected chi connectivity index (χ0v) is 16.6. The van der Waals surface area contributed by atoms with Gasteiger partial charge in [0.25, 0.3) is 11.5 Å². The van der Waals surface area contributed by atoms with E-state index in [-0.39, 0.29) is 28.7 Å². The van der Waals surface area contributed by atoms with Crippen LogP contribution in [0.1, 0.15) is 47.8 Å². The fourth-order valence-electron chi connectivity index (χ4n) is 5.43. The van der Waals surface area contributed by atoms with Gasteiger partial charge in [0.2, 0.25) is 0 Å². The van der Waals surface area contributed by atoms with Crippen LogP contribution in [-0.2, 0) is 0 Å². The Bertz CT molecular complexity index is 1390. The molecule has 1 spiro atoms. The lowest BCUT2D eigenvalue weighted by Gasteiger charge is -2.57. The topological polar surface area (TPSA) is 92.1 Å². The van der Waals surface area contributed by atoms with Crippen LogP contribution in [0.15, 0.2) is 53.6 Å². The molecule has 2 saturated carbocycles. The van der Waals surface area contributed by atoms with Crippen molar-refractivity contribution in [2.75, 3.05) is 0 Å². The minimum atomic E-state index is -0.379. The molecular weight excluding hydrogens is 397 g/mol. The Balaban J connectivity index is 1.12. The summed E-state index contributed by atoms with van der Waals surface area (Å²) in [5, 5.41) is 11.7. The van der Waals surface area contributed by atoms with Crippen molar-refractivity contribution in [3.63, 3.8) is 0 Å². The number of nitrogens with zero attached hydrogens (tertiary/aromatic N) is 3. The molecule has 1 amide bonds. The predicted molar refractivity (Wildman–Crippen MR) is 112 cm³/mol. The molecule has 0 aliphatic heterocycles. The number of H-pyrrole nitrogens is 1. The number of pyridine rings is 1. The van der Waals surface area contributed by atoms with Crippen molar-refractivity contribution in [2.45, 2.75) is 37.6 Å². The van der Waals surface area contributed by atoms with Crippen molar-refractivity contribution in [3.8, 4) is 0 Å². The van der Waals surface area contributed by atoms with Crippen LogP contribution in [0.25, 0.3) is 16.4 Å². The van der Waals surface area contributed by atoms with Crippen LogP contribution in [-0.4, -0.2) is 31.5 Å². The summed E-state index contributed by atoms with van der Waals surface area (Å²) in [7, 11) is 0. The van der Waals surface area contributed by atoms with Gasteiger partial charge in [0.05, 0.1) is 17.3 Å². The normalized spacial score (nSPS) is 24.8. The van der Waals surface area contributed by atoms with Crippen LogP contribution >= 0.6 is 0 Å². The molecule has 0 saturated heterocycles. The highest BCUT2D eigenvalue weighted by molar-refractivity contribution is 5.93. The number of benzene rings is 1. The largest absolute Gasteiger partial charge is 0.348 e. The van der Waals surface area contributed by atoms with Gasteiger partial charge >= 0.3 is 0 Å². The first-order chi connectivity index (χ1) is 15.0. The summed E-state index contributed by atoms with van der Waals surface area (Å²) in [6.07, 6.45) is 6.89. The first-order valence-electron chi connectivity index (χ1n) is 10.4. The van der Waals surface area contributed by atoms with Crippen molar-refractivity contribution in [2.24, 2.45) is 5.41 Å². The van der Waals surface area contributed by atoms with Crippen LogP contribution in [0.4, 0.5) is 4.39 Å². The van der Waals surface area contributed by atoms with Gasteiger partial charge in [0.1, 0.15) is 17.2 Å². The van der Waals surface area contributed by atoms with E-state index in [0.717, 1.165) is 36.8 Å². The average molecular weight is 417 g/mol. The van der Waals surface area contributed by atoms with Gasteiger partial charge < -0.3 is 5.32 Å². The van der Waals surface area contributed by atoms with Crippen LogP contribution < -0.4 is 10.9 Å². The van der Waals surface area contributed by atoms with Crippen molar-refractivity contribution >= 4 is 22.3 Å². The van der Waals surface area contributed by atoms with Gasteiger partial charge in [-0.15, -0.1) is 0 Å². The van der Waals surface area contributed by atoms with E-state index in [4.69, 9.17) is 0 Å². The van der Waals surface area contributed by atoms with Crippen molar-refractivity contribution in [3.05, 3.63) is 76.4 Å². The molecule has 2 fully saturated rings. The first-order valence-corrected chi connectivity index (χ1v) is 10.4. The zero-order chi connectivity index (χ0) is 21.2. The number of carbonyl (C=O) groups is 1. The van der Waals surface area contributed by atoms with E-state index in [2.05, 4.69) is 20.5 Å². The third-order valence-electron chi connectivity index (χ3n) is 6.87. The van der Waals surface area contributed by atoms with Gasteiger partial charge in [-0.2, -0.15) is 5.10 Å². The minimum Gasteiger partial charge on any atom is -0.348 e. The summed E-state index contributed by atoms with van der Waals surface area (Å²) in [6, 6.07) is 10.3. The number of aromatic amines is 1. The van der Waals surface area contributed by atoms with Gasteiger partial charge in [-0.1, -0.05) is 18.2 Å². The maximum Gasteiger partial charge on any atom is 0.272 e. The molecule has 0 radical (unpaired) electrons. The maximum atomic E-state index is 13.3. The number of hydrogen-bond donors (Lipinski definition) is 2. The van der Waals surface area contributed by atoms with Gasteiger partial charge in [0, 0.05) is 29.6 Å². The van der Waals surface area contributed by atoms with E-state index < -0.39 is 0 Å². The summed E-state index contributed by atoms with van der Waals surface area (Å²) in [5.41, 5.74) is 1.87. The summed E-state index contributed by atoms with van der Waals surface area (Å²) < 4.78 is 14.9. The van der Waals surface area contributed by atoms with Gasteiger partial charge in [-0.25, -0.2) is 14.5 Å². The number of fused-ring (bicyclic) bond motifs is 2. The Morgan fingerprint density at radius 2 is 1.94 bits per heavy atom. The summed E-state index contributed by atoms with van der Waals surface area (Å²) >= 11 is 0. The number of carbonyl (C=O) groups excluding carboxylic acids is 1. The molecule has 3 aromatic heterocycles. The Hall–Kier alpha value is -3.55. The molecule has 2 aliphatic carbocycles. The molecule has 0 bridgehead atoms. The van der Waals surface area contributed by atoms with Gasteiger partial charge in [0.15, 0.2) is 0 Å². The SMILES string of the molecule is O=C(N[C@H]1CC2(C1)C[C@H](c1n[nH]c(=O)c3ccccc31)C2)c1cnc2cc(F)ccn12. The van der Waals surface area contributed by atoms with Gasteiger partial charge in [-0.05, 0) is 43.2 Å². The quantitative estimate of drug-likeness (QED) is 0.536. The van der Waals surface area contributed by atoms with Crippen LogP contribution in [0, 0.1) is 11.2 Å². The Morgan fingerprint density at radius 1 is 1.16 bits per heavy atom. The average Bonchev–Trinajstić information content (AvgIpc) is 3.13. The Kier molecular flexibility index (Phi) is 3.81. The molecule has 156 valence electrons. The summed E-state index contributed by atoms with van der Waals surface area (Å²) in [5.74, 6) is -0.245. The highest BCUT2D eigenvalue weighted by Gasteiger charge is 2.54. The second kappa shape index (κ2) is 6.47. The lowest BCUT2D eigenvalue weighted by molar-refractivity contribution is -0.0197. The molecule has 31 heavy (non-hydrogen) atoms. The number of hydrogen-bond acceptors (Lipinski definition) is 4. The van der Waals surface area contributed by atoms with Crippen LogP contribution in [0.5, 0.6) is 0 Å². The van der Waals surface area contributed by atoms with Crippen molar-refractivity contribution < 1.29 is 9.18 Å². The van der Waals surface area contributed by atoms with Crippen molar-refractivity contribution in [1.29, 1.82) is 0 Å². The number of nitrogens with one attached hydrogen (secondary N) is 2. The number of amides is 1. The monoisotopic (exact) mass is 417 g/mol. The minimum absolute atomic E-state index is 0.125. The number of aromatic nitrogens is 4. The zero-order valence-electron chi connectivity index (χ0n) is 16.6. The molecule has 4 aromatic rings. The lowest BCUT2D eigenvalue weighted by atomic mass is 9.49. The van der Waals surface area contributed by atoms with Crippen LogP contribution in [0.3, 0.4) is 0 Å². The second-order valence-corrected chi connectivity index (χ2v) is 8.88. The third-order valence-corrected chi connectivity index (χ3v) is 6.87. The van der Waals surface area contributed by atoms with Gasteiger partial charge in [-0.3, -0.25) is 14.0 Å². The smallest absolute Gasteiger partial charge is 0.272 e. The van der Waals surface area contributed by atoms with E-state index >= 15 is 0 Å². The molecule has 1 aromatic carbocycles. The second-order valence-electron chi connectivity index (χ2n) is 8.88. The number of halogens is 1. The fraction of sp³-hybridized carbons (Fsp3) is 0.304. The standard InChI is InChI=1S/C23H20FN5O2/c24-14-5-6-29-18(12-25-19(29)7-14)22(31)26-15-10-23(11-15)8-13(9-23)20-16-3-1-2-4-17(16)21(30)28-27-20/h1-7,12-13,15H,8-11H2,(H,26,31)(H,28,30)/t13-,15-,23?. The molecule has 2 aliphatic rings. The molecule has 2 N–H and O–H groups in total. The molecule has 8 heteroatoms. The summed E-state index contributed by atoms with van der Waals surface area (Å²) in [4.78, 5) is 28.8. The molecule has 3 heterocycles. The Morgan fingerprint density at radius 3 is 2.74 bits per heavy atom. The van der Waals surface area contributed by atoms with E-state index in [0.29, 0.717) is 22.6 Å². The highest BCUT2D eigenvalue weighted by Crippen LogP contribution is 2.62. The maximum absolute atomic E-state index is 13.3. The fourth-order valence-corrected chi connectivity index (χ4v) is 5.43. The molecule has 0 atom stereocenters. The molecular formula is C23H20FN5O2. The van der Waals surface area contributed by atoms with E-state index in [1.54, 1.807) is 4.40 Å². The molecule has 0 unspecified atom stereocenters. The number of rotatable bonds is 3. The molecule has 6 rings (SSSR count). The summed E-state index contributed by atoms with van der Waals surface area (Å²) in [6.45, 7) is 0. The van der Waals surface area contributed by atoms with E-state index in [1.165, 1.54) is 24.5 Å². The van der Waals surface area contributed by atoms with E-state index in [1.807, 2.05) is 24.3 Å². The lowest BCUT2D eigenvalue weighted by Crippen LogP contribution is -2.55. The van der Waals surface area contributed by atoms with Crippen LogP contribution in [0.2, 0.25) is 0 Å². The Labute approximate surface area is 176 Å². The van der Waals surface area contributed by atoms with E-state index in [9.17, 15) is 14.0 Å². The van der Waals surface area contributed by atoms with Crippen molar-refractivity contribution in [1.82, 2.24) is 24.9 Å². The predicted octanol–water partition coefficient (Wildman–Crippen LogP) is 3.17.